The topological polar surface area (TPSA) is 101 Å². The summed E-state index contributed by atoms with van der Waals surface area (Å²) in [5.74, 6) is -1.16. The van der Waals surface area contributed by atoms with Gasteiger partial charge in [-0.3, -0.25) is 14.0 Å². The van der Waals surface area contributed by atoms with E-state index in [4.69, 9.17) is 0 Å². The highest BCUT2D eigenvalue weighted by atomic mass is 32.2. The van der Waals surface area contributed by atoms with E-state index in [0.29, 0.717) is 11.4 Å². The first-order valence-electron chi connectivity index (χ1n) is 6.59. The Balaban J connectivity index is 1.78. The lowest BCUT2D eigenvalue weighted by Gasteiger charge is -2.28. The number of thiazole rings is 1. The maximum absolute atomic E-state index is 12.3. The first-order chi connectivity index (χ1) is 10.4. The fourth-order valence-electron chi connectivity index (χ4n) is 2.40. The number of sulfonamides is 1. The summed E-state index contributed by atoms with van der Waals surface area (Å²) in [7, 11) is -2.39. The lowest BCUT2D eigenvalue weighted by atomic mass is 9.98. The zero-order valence-corrected chi connectivity index (χ0v) is 13.4. The lowest BCUT2D eigenvalue weighted by molar-refractivity contribution is -0.136. The van der Waals surface area contributed by atoms with Crippen LogP contribution >= 0.6 is 11.3 Å². The van der Waals surface area contributed by atoms with Crippen molar-refractivity contribution >= 4 is 38.1 Å². The number of hydrogen-bond acceptors (Lipinski definition) is 6. The van der Waals surface area contributed by atoms with Gasteiger partial charge in [0.15, 0.2) is 9.99 Å². The number of likely N-dealkylation sites (tertiary alicyclic amines) is 1. The van der Waals surface area contributed by atoms with Crippen LogP contribution in [0.5, 0.6) is 0 Å². The minimum atomic E-state index is -3.99. The molecule has 2 aromatic heterocycles. The second-order valence-electron chi connectivity index (χ2n) is 5.13. The number of piperidine rings is 1. The SMILES string of the molecule is CN1CC(C(=O)NS(=O)(=O)c2cnc3sccn23)CCC1=O. The number of imidazole rings is 1. The summed E-state index contributed by atoms with van der Waals surface area (Å²) in [6, 6.07) is 0. The Morgan fingerprint density at radius 2 is 2.27 bits per heavy atom. The van der Waals surface area contributed by atoms with E-state index in [1.807, 2.05) is 0 Å². The molecule has 0 spiro atoms. The third kappa shape index (κ3) is 2.59. The molecule has 2 aromatic rings. The van der Waals surface area contributed by atoms with Crippen molar-refractivity contribution in [3.63, 3.8) is 0 Å². The largest absolute Gasteiger partial charge is 0.345 e. The Morgan fingerprint density at radius 3 is 3.00 bits per heavy atom. The number of carbonyl (C=O) groups excluding carboxylic acids is 2. The number of aromatic nitrogens is 2. The zero-order chi connectivity index (χ0) is 15.9. The van der Waals surface area contributed by atoms with Gasteiger partial charge in [0, 0.05) is 31.6 Å². The molecule has 118 valence electrons. The van der Waals surface area contributed by atoms with E-state index in [1.165, 1.54) is 26.8 Å². The van der Waals surface area contributed by atoms with Crippen LogP contribution in [0.15, 0.2) is 22.8 Å². The van der Waals surface area contributed by atoms with Crippen LogP contribution in [0.3, 0.4) is 0 Å². The molecule has 1 saturated heterocycles. The van der Waals surface area contributed by atoms with Crippen molar-refractivity contribution in [1.82, 2.24) is 19.0 Å². The van der Waals surface area contributed by atoms with Crippen molar-refractivity contribution in [3.05, 3.63) is 17.8 Å². The molecule has 1 unspecified atom stereocenters. The first-order valence-corrected chi connectivity index (χ1v) is 8.96. The molecule has 0 radical (unpaired) electrons. The van der Waals surface area contributed by atoms with E-state index in [1.54, 1.807) is 18.6 Å². The van der Waals surface area contributed by atoms with Crippen LogP contribution in [0.4, 0.5) is 0 Å². The second-order valence-corrected chi connectivity index (χ2v) is 7.63. The minimum Gasteiger partial charge on any atom is -0.345 e. The Labute approximate surface area is 130 Å². The molecule has 0 aromatic carbocycles. The highest BCUT2D eigenvalue weighted by molar-refractivity contribution is 7.90. The van der Waals surface area contributed by atoms with Gasteiger partial charge >= 0.3 is 0 Å². The van der Waals surface area contributed by atoms with Gasteiger partial charge in [0.2, 0.25) is 11.8 Å². The normalized spacial score (nSPS) is 19.6. The van der Waals surface area contributed by atoms with Gasteiger partial charge in [0.25, 0.3) is 10.0 Å². The fourth-order valence-corrected chi connectivity index (χ4v) is 4.28. The standard InChI is InChI=1S/C12H14N4O4S2/c1-15-7-8(2-3-9(15)17)11(18)14-22(19,20)10-6-13-12-16(10)4-5-21-12/h4-6,8H,2-3,7H2,1H3,(H,14,18). The Hall–Kier alpha value is -1.94. The van der Waals surface area contributed by atoms with Gasteiger partial charge in [-0.05, 0) is 6.42 Å². The molecule has 1 atom stereocenters. The van der Waals surface area contributed by atoms with Gasteiger partial charge in [-0.2, -0.15) is 8.42 Å². The van der Waals surface area contributed by atoms with E-state index < -0.39 is 21.8 Å². The fraction of sp³-hybridized carbons (Fsp3) is 0.417. The van der Waals surface area contributed by atoms with E-state index in [2.05, 4.69) is 9.71 Å². The van der Waals surface area contributed by atoms with Crippen molar-refractivity contribution in [2.24, 2.45) is 5.92 Å². The van der Waals surface area contributed by atoms with Gasteiger partial charge in [-0.15, -0.1) is 11.3 Å². The Morgan fingerprint density at radius 1 is 1.50 bits per heavy atom. The predicted molar refractivity (Wildman–Crippen MR) is 78.8 cm³/mol. The quantitative estimate of drug-likeness (QED) is 0.851. The lowest BCUT2D eigenvalue weighted by Crippen LogP contribution is -2.45. The summed E-state index contributed by atoms with van der Waals surface area (Å²) >= 11 is 1.30. The van der Waals surface area contributed by atoms with Crippen LogP contribution in [-0.4, -0.2) is 48.1 Å². The summed E-state index contributed by atoms with van der Waals surface area (Å²) in [6.45, 7) is 0.223. The van der Waals surface area contributed by atoms with Crippen molar-refractivity contribution in [1.29, 1.82) is 0 Å². The number of nitrogens with one attached hydrogen (secondary N) is 1. The summed E-state index contributed by atoms with van der Waals surface area (Å²) in [5.41, 5.74) is 0. The van der Waals surface area contributed by atoms with Crippen molar-refractivity contribution in [3.8, 4) is 0 Å². The van der Waals surface area contributed by atoms with Gasteiger partial charge < -0.3 is 4.90 Å². The molecule has 1 aliphatic rings. The summed E-state index contributed by atoms with van der Waals surface area (Å²) in [6.07, 6.45) is 3.40. The van der Waals surface area contributed by atoms with Crippen LogP contribution in [0.2, 0.25) is 0 Å². The number of amides is 2. The van der Waals surface area contributed by atoms with E-state index in [0.717, 1.165) is 0 Å². The maximum atomic E-state index is 12.3. The molecule has 3 heterocycles. The molecule has 2 amide bonds. The predicted octanol–water partition coefficient (Wildman–Crippen LogP) is 0.0691. The van der Waals surface area contributed by atoms with Crippen LogP contribution in [0, 0.1) is 5.92 Å². The van der Waals surface area contributed by atoms with E-state index >= 15 is 0 Å². The van der Waals surface area contributed by atoms with Crippen LogP contribution in [-0.2, 0) is 19.6 Å². The molecule has 10 heteroatoms. The van der Waals surface area contributed by atoms with Crippen molar-refractivity contribution in [2.45, 2.75) is 17.9 Å². The van der Waals surface area contributed by atoms with Crippen LogP contribution < -0.4 is 4.72 Å². The molecular formula is C12H14N4O4S2. The van der Waals surface area contributed by atoms with E-state index in [9.17, 15) is 18.0 Å². The number of carbonyl (C=O) groups is 2. The second kappa shape index (κ2) is 5.36. The van der Waals surface area contributed by atoms with Crippen molar-refractivity contribution in [2.75, 3.05) is 13.6 Å². The average molecular weight is 342 g/mol. The smallest absolute Gasteiger partial charge is 0.281 e. The maximum Gasteiger partial charge on any atom is 0.281 e. The average Bonchev–Trinajstić information content (AvgIpc) is 3.03. The van der Waals surface area contributed by atoms with Crippen LogP contribution in [0.25, 0.3) is 4.96 Å². The summed E-state index contributed by atoms with van der Waals surface area (Å²) in [4.78, 5) is 29.6. The van der Waals surface area contributed by atoms with Gasteiger partial charge in [0.1, 0.15) is 0 Å². The third-order valence-electron chi connectivity index (χ3n) is 3.62. The zero-order valence-electron chi connectivity index (χ0n) is 11.7. The highest BCUT2D eigenvalue weighted by Gasteiger charge is 2.31. The molecule has 3 rings (SSSR count). The molecular weight excluding hydrogens is 328 g/mol. The number of fused-ring (bicyclic) bond motifs is 1. The Bertz CT molecular complexity index is 838. The monoisotopic (exact) mass is 342 g/mol. The molecule has 0 aliphatic carbocycles. The van der Waals surface area contributed by atoms with Crippen molar-refractivity contribution < 1.29 is 18.0 Å². The van der Waals surface area contributed by atoms with Gasteiger partial charge in [-0.25, -0.2) is 9.71 Å². The molecule has 8 nitrogen and oxygen atoms in total. The first kappa shape index (κ1) is 15.0. The molecule has 1 aliphatic heterocycles. The summed E-state index contributed by atoms with van der Waals surface area (Å²) < 4.78 is 28.2. The highest BCUT2D eigenvalue weighted by Crippen LogP contribution is 2.19. The van der Waals surface area contributed by atoms with Crippen LogP contribution in [0.1, 0.15) is 12.8 Å². The molecule has 1 fully saturated rings. The van der Waals surface area contributed by atoms with E-state index in [-0.39, 0.29) is 23.9 Å². The molecule has 1 N–H and O–H groups in total. The number of hydrogen-bond donors (Lipinski definition) is 1. The van der Waals surface area contributed by atoms with Gasteiger partial charge in [-0.1, -0.05) is 0 Å². The van der Waals surface area contributed by atoms with Gasteiger partial charge in [0.05, 0.1) is 12.1 Å². The summed E-state index contributed by atoms with van der Waals surface area (Å²) in [5, 5.41) is 1.64. The third-order valence-corrected chi connectivity index (χ3v) is 5.71. The molecule has 22 heavy (non-hydrogen) atoms. The molecule has 0 saturated carbocycles. The number of rotatable bonds is 3. The molecule has 0 bridgehead atoms. The minimum absolute atomic E-state index is 0.0392. The Kier molecular flexibility index (Phi) is 3.65. The number of nitrogens with zero attached hydrogens (tertiary/aromatic N) is 3.